The molecule has 0 atom stereocenters. The van der Waals surface area contributed by atoms with E-state index in [9.17, 15) is 39.6 Å². The predicted octanol–water partition coefficient (Wildman–Crippen LogP) is 6.55. The van der Waals surface area contributed by atoms with Crippen LogP contribution in [0.4, 0.5) is 0 Å². The van der Waals surface area contributed by atoms with Crippen LogP contribution < -0.4 is 0 Å². The van der Waals surface area contributed by atoms with Gasteiger partial charge in [0.05, 0.1) is 0 Å². The predicted molar refractivity (Wildman–Crippen MR) is 201 cm³/mol. The van der Waals surface area contributed by atoms with Crippen LogP contribution in [0.15, 0.2) is 121 Å². The van der Waals surface area contributed by atoms with Crippen molar-refractivity contribution in [2.45, 2.75) is 0 Å². The Balaban J connectivity index is 0.000000167. The summed E-state index contributed by atoms with van der Waals surface area (Å²) in [5.41, 5.74) is 0.968. The summed E-state index contributed by atoms with van der Waals surface area (Å²) in [6.07, 6.45) is 0. The average molecular weight is 805 g/mol. The second-order valence-corrected chi connectivity index (χ2v) is 11.4. The SMILES string of the molecule is O=C(O)c1ccc2cccc(O)c2n1.O=C(O)c1ccc2cccc(O)c2n1.O=C(O)c1ccc2cccc(O)c2n1.O=C(O)c1ccc2cccc(O)c2n1.[Ti]. The first-order chi connectivity index (χ1) is 26.7. The zero-order valence-corrected chi connectivity index (χ0v) is 30.6. The van der Waals surface area contributed by atoms with Crippen molar-refractivity contribution in [1.29, 1.82) is 0 Å². The van der Waals surface area contributed by atoms with Crippen LogP contribution in [0.2, 0.25) is 0 Å². The number of aromatic nitrogens is 4. The monoisotopic (exact) mass is 804 g/mol. The van der Waals surface area contributed by atoms with Crippen molar-refractivity contribution in [1.82, 2.24) is 19.9 Å². The number of carboxylic acids is 4. The van der Waals surface area contributed by atoms with Crippen LogP contribution in [0.1, 0.15) is 42.0 Å². The third-order valence-electron chi connectivity index (χ3n) is 7.67. The molecule has 0 saturated heterocycles. The van der Waals surface area contributed by atoms with E-state index in [2.05, 4.69) is 19.9 Å². The molecule has 4 aromatic heterocycles. The number of aromatic carboxylic acids is 4. The van der Waals surface area contributed by atoms with Gasteiger partial charge in [-0.15, -0.1) is 0 Å². The summed E-state index contributed by atoms with van der Waals surface area (Å²) >= 11 is 0. The molecule has 16 nitrogen and oxygen atoms in total. The molecule has 0 unspecified atom stereocenters. The van der Waals surface area contributed by atoms with Gasteiger partial charge in [0.1, 0.15) is 67.8 Å². The van der Waals surface area contributed by atoms with E-state index in [0.717, 1.165) is 21.5 Å². The van der Waals surface area contributed by atoms with E-state index in [1.54, 1.807) is 72.8 Å². The second kappa shape index (κ2) is 18.6. The minimum Gasteiger partial charge on any atom is -0.506 e. The fraction of sp³-hybridized carbons (Fsp3) is 0. The number of pyridine rings is 4. The molecule has 8 aromatic rings. The van der Waals surface area contributed by atoms with Gasteiger partial charge in [-0.25, -0.2) is 39.1 Å². The Morgan fingerprint density at radius 3 is 0.684 bits per heavy atom. The third-order valence-corrected chi connectivity index (χ3v) is 7.67. The van der Waals surface area contributed by atoms with E-state index in [-0.39, 0.29) is 67.5 Å². The maximum atomic E-state index is 10.6. The standard InChI is InChI=1S/4C10H7NO3.Ti/c4*12-8-3-1-2-6-4-5-7(10(13)14)11-9(6)8;/h4*1-5,12H,(H,13,14);. The molecule has 0 saturated carbocycles. The molecule has 0 radical (unpaired) electrons. The van der Waals surface area contributed by atoms with Crippen molar-refractivity contribution in [3.63, 3.8) is 0 Å². The van der Waals surface area contributed by atoms with Gasteiger partial charge < -0.3 is 40.9 Å². The molecule has 0 spiro atoms. The van der Waals surface area contributed by atoms with E-state index in [4.69, 9.17) is 20.4 Å². The van der Waals surface area contributed by atoms with Crippen LogP contribution >= 0.6 is 0 Å². The van der Waals surface area contributed by atoms with Gasteiger partial charge in [-0.3, -0.25) is 0 Å². The average Bonchev–Trinajstić information content (AvgIpc) is 3.19. The third kappa shape index (κ3) is 10.3. The molecule has 4 aromatic carbocycles. The quantitative estimate of drug-likeness (QED) is 0.0875. The van der Waals surface area contributed by atoms with Crippen molar-refractivity contribution in [3.8, 4) is 23.0 Å². The Morgan fingerprint density at radius 1 is 0.316 bits per heavy atom. The van der Waals surface area contributed by atoms with Crippen molar-refractivity contribution in [2.24, 2.45) is 0 Å². The Labute approximate surface area is 335 Å². The van der Waals surface area contributed by atoms with E-state index >= 15 is 0 Å². The summed E-state index contributed by atoms with van der Waals surface area (Å²) in [5, 5.41) is 75.3. The number of rotatable bonds is 4. The fourth-order valence-electron chi connectivity index (χ4n) is 5.00. The molecule has 284 valence electrons. The number of fused-ring (bicyclic) bond motifs is 4. The summed E-state index contributed by atoms with van der Waals surface area (Å²) in [7, 11) is 0. The first-order valence-corrected chi connectivity index (χ1v) is 16.0. The number of carboxylic acid groups (broad SMARTS) is 4. The van der Waals surface area contributed by atoms with Crippen LogP contribution in [0.25, 0.3) is 43.6 Å². The number of nitrogens with zero attached hydrogens (tertiary/aromatic N) is 4. The van der Waals surface area contributed by atoms with Gasteiger partial charge in [0, 0.05) is 43.3 Å². The van der Waals surface area contributed by atoms with Crippen LogP contribution in [-0.4, -0.2) is 84.7 Å². The summed E-state index contributed by atoms with van der Waals surface area (Å²) in [4.78, 5) is 57.7. The first kappa shape index (κ1) is 42.1. The van der Waals surface area contributed by atoms with Crippen molar-refractivity contribution in [2.75, 3.05) is 0 Å². The molecule has 17 heteroatoms. The minimum atomic E-state index is -1.10. The van der Waals surface area contributed by atoms with Crippen LogP contribution in [0.3, 0.4) is 0 Å². The second-order valence-electron chi connectivity index (χ2n) is 11.4. The molecule has 0 aliphatic carbocycles. The summed E-state index contributed by atoms with van der Waals surface area (Å²) < 4.78 is 0. The van der Waals surface area contributed by atoms with Crippen LogP contribution in [0, 0.1) is 0 Å². The molecule has 57 heavy (non-hydrogen) atoms. The molecule has 0 amide bonds. The van der Waals surface area contributed by atoms with E-state index < -0.39 is 23.9 Å². The number of hydrogen-bond acceptors (Lipinski definition) is 12. The number of benzene rings is 4. The largest absolute Gasteiger partial charge is 0.506 e. The van der Waals surface area contributed by atoms with Gasteiger partial charge in [-0.2, -0.15) is 0 Å². The Morgan fingerprint density at radius 2 is 0.509 bits per heavy atom. The number of carbonyl (C=O) groups is 4. The van der Waals surface area contributed by atoms with Gasteiger partial charge in [0.2, 0.25) is 0 Å². The number of aromatic hydroxyl groups is 4. The molecular formula is C40H28N4O12Ti. The van der Waals surface area contributed by atoms with Crippen LogP contribution in [-0.2, 0) is 21.7 Å². The first-order valence-electron chi connectivity index (χ1n) is 16.0. The zero-order valence-electron chi connectivity index (χ0n) is 29.0. The number of para-hydroxylation sites is 4. The summed E-state index contributed by atoms with van der Waals surface area (Å²) in [6.45, 7) is 0. The normalized spacial score (nSPS) is 10.1. The fourth-order valence-corrected chi connectivity index (χ4v) is 5.00. The zero-order chi connectivity index (χ0) is 40.5. The van der Waals surface area contributed by atoms with Gasteiger partial charge in [-0.05, 0) is 48.5 Å². The molecule has 4 heterocycles. The molecule has 8 rings (SSSR count). The molecule has 8 N–H and O–H groups in total. The van der Waals surface area contributed by atoms with Crippen molar-refractivity contribution < 1.29 is 81.7 Å². The van der Waals surface area contributed by atoms with Gasteiger partial charge in [0.25, 0.3) is 0 Å². The Kier molecular flexibility index (Phi) is 13.7. The topological polar surface area (TPSA) is 282 Å². The molecule has 0 aliphatic heterocycles. The maximum Gasteiger partial charge on any atom is 0.354 e. The van der Waals surface area contributed by atoms with Gasteiger partial charge in [-0.1, -0.05) is 72.8 Å². The van der Waals surface area contributed by atoms with Gasteiger partial charge >= 0.3 is 23.9 Å². The van der Waals surface area contributed by atoms with E-state index in [1.165, 1.54) is 48.5 Å². The van der Waals surface area contributed by atoms with E-state index in [0.29, 0.717) is 22.1 Å². The number of hydrogen-bond donors (Lipinski definition) is 8. The molecule has 0 fully saturated rings. The van der Waals surface area contributed by atoms with Gasteiger partial charge in [0.15, 0.2) is 0 Å². The molecule has 0 aliphatic rings. The van der Waals surface area contributed by atoms with Crippen molar-refractivity contribution >= 4 is 67.5 Å². The summed E-state index contributed by atoms with van der Waals surface area (Å²) in [6, 6.07) is 31.7. The van der Waals surface area contributed by atoms with Crippen LogP contribution in [0.5, 0.6) is 23.0 Å². The number of phenols is 4. The Hall–Kier alpha value is -7.69. The molecular weight excluding hydrogens is 776 g/mol. The summed E-state index contributed by atoms with van der Waals surface area (Å²) in [5.74, 6) is -4.44. The number of phenolic OH excluding ortho intramolecular Hbond substituents is 4. The Bertz CT molecular complexity index is 2420. The molecule has 0 bridgehead atoms. The smallest absolute Gasteiger partial charge is 0.354 e. The van der Waals surface area contributed by atoms with E-state index in [1.807, 2.05) is 0 Å². The van der Waals surface area contributed by atoms with Crippen molar-refractivity contribution in [3.05, 3.63) is 144 Å². The maximum absolute atomic E-state index is 10.6. The minimum absolute atomic E-state index is 0.